The minimum Gasteiger partial charge on any atom is -0.168 e. The molecular formula is C2H6S3. The van der Waals surface area contributed by atoms with Crippen LogP contribution >= 0.6 is 37.0 Å². The van der Waals surface area contributed by atoms with Gasteiger partial charge in [-0.25, -0.2) is 0 Å². The van der Waals surface area contributed by atoms with E-state index >= 15 is 0 Å². The van der Waals surface area contributed by atoms with E-state index in [1.807, 2.05) is 0 Å². The highest BCUT2D eigenvalue weighted by Gasteiger charge is 1.68. The Morgan fingerprint density at radius 1 is 1.20 bits per heavy atom. The van der Waals surface area contributed by atoms with Gasteiger partial charge in [-0.3, -0.25) is 0 Å². The first-order valence-corrected chi connectivity index (χ1v) is 3.63. The van der Waals surface area contributed by atoms with Crippen LogP contribution in [0.3, 0.4) is 0 Å². The molecule has 32 valence electrons. The first kappa shape index (κ1) is 6.05. The standard InChI is InChI=1S/C2H6S3/c3-1-5-2-4/h3-4H,1-2H2. The van der Waals surface area contributed by atoms with Crippen molar-refractivity contribution in [2.45, 2.75) is 0 Å². The molecule has 0 amide bonds. The van der Waals surface area contributed by atoms with E-state index in [1.54, 1.807) is 11.8 Å². The predicted molar refractivity (Wildman–Crippen MR) is 35.3 cm³/mol. The Labute approximate surface area is 47.5 Å². The minimum absolute atomic E-state index is 0.878. The average molecular weight is 126 g/mol. The molecule has 0 aliphatic carbocycles. The highest BCUT2D eigenvalue weighted by Crippen LogP contribution is 2.01. The Bertz CT molecular complexity index is 12.4. The molecule has 0 spiro atoms. The Morgan fingerprint density at radius 2 is 1.60 bits per heavy atom. The summed E-state index contributed by atoms with van der Waals surface area (Å²) < 4.78 is 0. The van der Waals surface area contributed by atoms with Crippen LogP contribution in [0.5, 0.6) is 0 Å². The van der Waals surface area contributed by atoms with Gasteiger partial charge in [-0.1, -0.05) is 0 Å². The van der Waals surface area contributed by atoms with E-state index < -0.39 is 0 Å². The van der Waals surface area contributed by atoms with Crippen LogP contribution in [0.2, 0.25) is 0 Å². The highest BCUT2D eigenvalue weighted by molar-refractivity contribution is 8.15. The maximum Gasteiger partial charge on any atom is 0.0370 e. The first-order chi connectivity index (χ1) is 2.41. The Hall–Kier alpha value is 1.05. The predicted octanol–water partition coefficient (Wildman–Crippen LogP) is 1.49. The van der Waals surface area contributed by atoms with E-state index in [9.17, 15) is 0 Å². The third kappa shape index (κ3) is 5.05. The fourth-order valence-corrected chi connectivity index (χ4v) is 1.10. The van der Waals surface area contributed by atoms with Crippen molar-refractivity contribution in [1.82, 2.24) is 0 Å². The number of thiol groups is 2. The summed E-state index contributed by atoms with van der Waals surface area (Å²) in [6.07, 6.45) is 0. The average Bonchev–Trinajstić information content (AvgIpc) is 1.41. The molecule has 0 rings (SSSR count). The lowest BCUT2D eigenvalue weighted by Gasteiger charge is -1.79. The lowest BCUT2D eigenvalue weighted by Crippen LogP contribution is -1.56. The molecule has 3 heteroatoms. The molecule has 0 atom stereocenters. The zero-order valence-corrected chi connectivity index (χ0v) is 5.32. The molecule has 0 radical (unpaired) electrons. The summed E-state index contributed by atoms with van der Waals surface area (Å²) in [5.41, 5.74) is 0. The van der Waals surface area contributed by atoms with Crippen molar-refractivity contribution < 1.29 is 0 Å². The van der Waals surface area contributed by atoms with Gasteiger partial charge >= 0.3 is 0 Å². The van der Waals surface area contributed by atoms with Gasteiger partial charge < -0.3 is 0 Å². The highest BCUT2D eigenvalue weighted by atomic mass is 32.2. The summed E-state index contributed by atoms with van der Waals surface area (Å²) in [5.74, 6) is 0. The molecule has 0 unspecified atom stereocenters. The summed E-state index contributed by atoms with van der Waals surface area (Å²) in [4.78, 5) is 0. The molecule has 0 aliphatic rings. The fraction of sp³-hybridized carbons (Fsp3) is 1.00. The second kappa shape index (κ2) is 5.05. The van der Waals surface area contributed by atoms with Crippen molar-refractivity contribution >= 4 is 37.0 Å². The monoisotopic (exact) mass is 126 g/mol. The summed E-state index contributed by atoms with van der Waals surface area (Å²) in [6.45, 7) is 0. The van der Waals surface area contributed by atoms with Crippen molar-refractivity contribution in [3.63, 3.8) is 0 Å². The van der Waals surface area contributed by atoms with Gasteiger partial charge in [0.15, 0.2) is 0 Å². The van der Waals surface area contributed by atoms with Crippen LogP contribution in [0, 0.1) is 0 Å². The molecule has 0 aromatic rings. The maximum absolute atomic E-state index is 3.91. The number of rotatable bonds is 2. The Balaban J connectivity index is 2.19. The molecule has 0 aromatic carbocycles. The summed E-state index contributed by atoms with van der Waals surface area (Å²) in [5, 5.41) is 1.76. The topological polar surface area (TPSA) is 0 Å². The molecule has 0 aromatic heterocycles. The zero-order valence-electron chi connectivity index (χ0n) is 2.72. The van der Waals surface area contributed by atoms with Gasteiger partial charge in [-0.05, 0) is 0 Å². The molecule has 0 saturated carbocycles. The van der Waals surface area contributed by atoms with E-state index in [0.717, 1.165) is 10.2 Å². The van der Waals surface area contributed by atoms with E-state index in [-0.39, 0.29) is 0 Å². The normalized spacial score (nSPS) is 8.40. The molecular weight excluding hydrogens is 120 g/mol. The van der Waals surface area contributed by atoms with Crippen LogP contribution in [0.25, 0.3) is 0 Å². The van der Waals surface area contributed by atoms with Gasteiger partial charge in [0.25, 0.3) is 0 Å². The van der Waals surface area contributed by atoms with Crippen LogP contribution in [0.4, 0.5) is 0 Å². The van der Waals surface area contributed by atoms with Gasteiger partial charge in [0, 0.05) is 10.2 Å². The lowest BCUT2D eigenvalue weighted by molar-refractivity contribution is 2.20. The molecule has 0 nitrogen and oxygen atoms in total. The molecule has 0 N–H and O–H groups in total. The quantitative estimate of drug-likeness (QED) is 0.417. The zero-order chi connectivity index (χ0) is 4.12. The van der Waals surface area contributed by atoms with Crippen molar-refractivity contribution in [2.24, 2.45) is 0 Å². The van der Waals surface area contributed by atoms with Crippen LogP contribution in [-0.2, 0) is 0 Å². The van der Waals surface area contributed by atoms with Gasteiger partial charge in [0.2, 0.25) is 0 Å². The molecule has 0 bridgehead atoms. The minimum atomic E-state index is 0.878. The first-order valence-electron chi connectivity index (χ1n) is 1.21. The van der Waals surface area contributed by atoms with E-state index in [4.69, 9.17) is 0 Å². The second-order valence-corrected chi connectivity index (χ2v) is 2.94. The molecule has 5 heavy (non-hydrogen) atoms. The van der Waals surface area contributed by atoms with Gasteiger partial charge in [-0.2, -0.15) is 25.3 Å². The van der Waals surface area contributed by atoms with E-state index in [0.29, 0.717) is 0 Å². The van der Waals surface area contributed by atoms with Crippen LogP contribution in [0.15, 0.2) is 0 Å². The summed E-state index contributed by atoms with van der Waals surface area (Å²) in [6, 6.07) is 0. The smallest absolute Gasteiger partial charge is 0.0370 e. The summed E-state index contributed by atoms with van der Waals surface area (Å²) >= 11 is 9.52. The lowest BCUT2D eigenvalue weighted by atomic mass is 11.9. The number of hydrogen-bond acceptors (Lipinski definition) is 3. The Kier molecular flexibility index (Phi) is 6.11. The van der Waals surface area contributed by atoms with Gasteiger partial charge in [-0.15, -0.1) is 11.8 Å². The van der Waals surface area contributed by atoms with Crippen molar-refractivity contribution in [3.8, 4) is 0 Å². The van der Waals surface area contributed by atoms with Crippen molar-refractivity contribution in [3.05, 3.63) is 0 Å². The van der Waals surface area contributed by atoms with Crippen molar-refractivity contribution in [1.29, 1.82) is 0 Å². The number of thioether (sulfide) groups is 1. The molecule has 0 fully saturated rings. The van der Waals surface area contributed by atoms with Gasteiger partial charge in [0.05, 0.1) is 0 Å². The maximum atomic E-state index is 3.91. The number of hydrogen-bond donors (Lipinski definition) is 2. The van der Waals surface area contributed by atoms with E-state index in [2.05, 4.69) is 25.3 Å². The third-order valence-corrected chi connectivity index (χ3v) is 1.64. The second-order valence-electron chi connectivity index (χ2n) is 0.462. The van der Waals surface area contributed by atoms with Crippen molar-refractivity contribution in [2.75, 3.05) is 10.2 Å². The van der Waals surface area contributed by atoms with Gasteiger partial charge in [0.1, 0.15) is 0 Å². The Morgan fingerprint density at radius 3 is 1.60 bits per heavy atom. The summed E-state index contributed by atoms with van der Waals surface area (Å²) in [7, 11) is 0. The SMILES string of the molecule is SCSCS. The molecule has 0 heterocycles. The molecule has 0 saturated heterocycles. The van der Waals surface area contributed by atoms with E-state index in [1.165, 1.54) is 0 Å². The largest absolute Gasteiger partial charge is 0.168 e. The van der Waals surface area contributed by atoms with Crippen LogP contribution in [-0.4, -0.2) is 10.2 Å². The van der Waals surface area contributed by atoms with Crippen LogP contribution in [0.1, 0.15) is 0 Å². The van der Waals surface area contributed by atoms with Crippen LogP contribution < -0.4 is 0 Å². The molecule has 0 aliphatic heterocycles. The fourth-order valence-electron chi connectivity index (χ4n) is 0.0408. The third-order valence-electron chi connectivity index (χ3n) is 0.183.